The molecule has 0 bridgehead atoms. The van der Waals surface area contributed by atoms with E-state index < -0.39 is 0 Å². The quantitative estimate of drug-likeness (QED) is 0.796. The number of anilines is 1. The normalized spacial score (nSPS) is 12.9. The second-order valence-corrected chi connectivity index (χ2v) is 6.22. The Morgan fingerprint density at radius 1 is 1.04 bits per heavy atom. The summed E-state index contributed by atoms with van der Waals surface area (Å²) in [6.45, 7) is 2.00. The van der Waals surface area contributed by atoms with Gasteiger partial charge in [-0.2, -0.15) is 5.10 Å². The predicted molar refractivity (Wildman–Crippen MR) is 94.7 cm³/mol. The zero-order valence-corrected chi connectivity index (χ0v) is 13.6. The molecule has 1 heterocycles. The summed E-state index contributed by atoms with van der Waals surface area (Å²) < 4.78 is 1.85. The molecule has 1 amide bonds. The van der Waals surface area contributed by atoms with Gasteiger partial charge in [-0.1, -0.05) is 6.07 Å². The van der Waals surface area contributed by atoms with Gasteiger partial charge < -0.3 is 5.32 Å². The first-order valence-corrected chi connectivity index (χ1v) is 8.25. The predicted octanol–water partition coefficient (Wildman–Crippen LogP) is 3.92. The smallest absolute Gasteiger partial charge is 0.255 e. The molecular formula is C20H19N3O. The van der Waals surface area contributed by atoms with Gasteiger partial charge in [0.05, 0.1) is 5.69 Å². The lowest BCUT2D eigenvalue weighted by atomic mass is 10.1. The number of nitrogens with zero attached hydrogens (tertiary/aromatic N) is 2. The molecule has 0 aliphatic heterocycles. The number of aryl methyl sites for hydroxylation is 3. The molecule has 120 valence electrons. The van der Waals surface area contributed by atoms with Crippen LogP contribution in [0.15, 0.2) is 54.7 Å². The zero-order chi connectivity index (χ0) is 16.5. The molecule has 0 spiro atoms. The molecule has 1 aliphatic rings. The Morgan fingerprint density at radius 3 is 2.58 bits per heavy atom. The van der Waals surface area contributed by atoms with E-state index in [4.69, 9.17) is 0 Å². The number of amides is 1. The molecule has 0 saturated carbocycles. The van der Waals surface area contributed by atoms with Gasteiger partial charge in [0, 0.05) is 23.1 Å². The Bertz CT molecular complexity index is 894. The van der Waals surface area contributed by atoms with E-state index in [-0.39, 0.29) is 5.91 Å². The van der Waals surface area contributed by atoms with Crippen molar-refractivity contribution in [2.75, 3.05) is 5.32 Å². The largest absolute Gasteiger partial charge is 0.322 e. The fourth-order valence-electron chi connectivity index (χ4n) is 3.25. The number of aromatic nitrogens is 2. The molecular weight excluding hydrogens is 298 g/mol. The van der Waals surface area contributed by atoms with Crippen LogP contribution >= 0.6 is 0 Å². The molecule has 0 unspecified atom stereocenters. The van der Waals surface area contributed by atoms with Crippen molar-refractivity contribution in [1.29, 1.82) is 0 Å². The van der Waals surface area contributed by atoms with Crippen molar-refractivity contribution in [2.24, 2.45) is 0 Å². The standard InChI is InChI=1S/C20H19N3O/c1-14-11-12-21-23(14)19-9-6-16(7-10-19)20(24)22-18-8-5-15-3-2-4-17(15)13-18/h5-13H,2-4H2,1H3,(H,22,24). The fraction of sp³-hybridized carbons (Fsp3) is 0.200. The minimum absolute atomic E-state index is 0.0864. The topological polar surface area (TPSA) is 46.9 Å². The van der Waals surface area contributed by atoms with Gasteiger partial charge in [-0.3, -0.25) is 4.79 Å². The van der Waals surface area contributed by atoms with Gasteiger partial charge in [-0.15, -0.1) is 0 Å². The molecule has 4 rings (SSSR count). The van der Waals surface area contributed by atoms with Crippen LogP contribution in [0.1, 0.15) is 33.6 Å². The first-order chi connectivity index (χ1) is 11.7. The molecule has 2 aromatic carbocycles. The van der Waals surface area contributed by atoms with Crippen molar-refractivity contribution >= 4 is 11.6 Å². The van der Waals surface area contributed by atoms with Crippen molar-refractivity contribution in [1.82, 2.24) is 9.78 Å². The van der Waals surface area contributed by atoms with Crippen LogP contribution < -0.4 is 5.32 Å². The molecule has 0 atom stereocenters. The number of fused-ring (bicyclic) bond motifs is 1. The summed E-state index contributed by atoms with van der Waals surface area (Å²) in [5.41, 5.74) is 6.29. The van der Waals surface area contributed by atoms with Crippen LogP contribution in [0.3, 0.4) is 0 Å². The molecule has 0 radical (unpaired) electrons. The number of hydrogen-bond acceptors (Lipinski definition) is 2. The van der Waals surface area contributed by atoms with Crippen molar-refractivity contribution in [3.63, 3.8) is 0 Å². The maximum absolute atomic E-state index is 12.4. The second-order valence-electron chi connectivity index (χ2n) is 6.22. The Labute approximate surface area is 141 Å². The van der Waals surface area contributed by atoms with Gasteiger partial charge in [0.2, 0.25) is 0 Å². The number of rotatable bonds is 3. The molecule has 0 saturated heterocycles. The number of carbonyl (C=O) groups is 1. The number of nitrogens with one attached hydrogen (secondary N) is 1. The maximum atomic E-state index is 12.4. The highest BCUT2D eigenvalue weighted by molar-refractivity contribution is 6.04. The maximum Gasteiger partial charge on any atom is 0.255 e. The van der Waals surface area contributed by atoms with E-state index in [9.17, 15) is 4.79 Å². The molecule has 3 aromatic rings. The average molecular weight is 317 g/mol. The second kappa shape index (κ2) is 5.96. The van der Waals surface area contributed by atoms with E-state index in [1.54, 1.807) is 6.20 Å². The minimum atomic E-state index is -0.0864. The van der Waals surface area contributed by atoms with E-state index in [0.717, 1.165) is 29.9 Å². The number of hydrogen-bond donors (Lipinski definition) is 1. The Balaban J connectivity index is 1.51. The number of benzene rings is 2. The Morgan fingerprint density at radius 2 is 1.83 bits per heavy atom. The average Bonchev–Trinajstić information content (AvgIpc) is 3.23. The SMILES string of the molecule is Cc1ccnn1-c1ccc(C(=O)Nc2ccc3c(c2)CCC3)cc1. The first kappa shape index (κ1) is 14.7. The lowest BCUT2D eigenvalue weighted by Gasteiger charge is -2.09. The molecule has 1 aromatic heterocycles. The van der Waals surface area contributed by atoms with Gasteiger partial charge >= 0.3 is 0 Å². The van der Waals surface area contributed by atoms with Crippen LogP contribution in [0.5, 0.6) is 0 Å². The highest BCUT2D eigenvalue weighted by Gasteiger charge is 2.12. The Kier molecular flexibility index (Phi) is 3.65. The van der Waals surface area contributed by atoms with E-state index in [1.165, 1.54) is 17.5 Å². The summed E-state index contributed by atoms with van der Waals surface area (Å²) in [7, 11) is 0. The number of carbonyl (C=O) groups excluding carboxylic acids is 1. The summed E-state index contributed by atoms with van der Waals surface area (Å²) in [5.74, 6) is -0.0864. The minimum Gasteiger partial charge on any atom is -0.322 e. The summed E-state index contributed by atoms with van der Waals surface area (Å²) in [5, 5.41) is 7.27. The summed E-state index contributed by atoms with van der Waals surface area (Å²) in [6, 6.07) is 15.7. The highest BCUT2D eigenvalue weighted by Crippen LogP contribution is 2.25. The third-order valence-corrected chi connectivity index (χ3v) is 4.56. The van der Waals surface area contributed by atoms with E-state index in [0.29, 0.717) is 5.56 Å². The van der Waals surface area contributed by atoms with Crippen molar-refractivity contribution in [3.8, 4) is 5.69 Å². The molecule has 0 fully saturated rings. The first-order valence-electron chi connectivity index (χ1n) is 8.25. The van der Waals surface area contributed by atoms with Crippen LogP contribution in [0, 0.1) is 6.92 Å². The Hall–Kier alpha value is -2.88. The van der Waals surface area contributed by atoms with Crippen LogP contribution in [0.4, 0.5) is 5.69 Å². The van der Waals surface area contributed by atoms with Gasteiger partial charge in [0.1, 0.15) is 0 Å². The lowest BCUT2D eigenvalue weighted by Crippen LogP contribution is -2.12. The molecule has 24 heavy (non-hydrogen) atoms. The third kappa shape index (κ3) is 2.71. The fourth-order valence-corrected chi connectivity index (χ4v) is 3.25. The van der Waals surface area contributed by atoms with Crippen LogP contribution in [0.2, 0.25) is 0 Å². The highest BCUT2D eigenvalue weighted by atomic mass is 16.1. The van der Waals surface area contributed by atoms with Crippen molar-refractivity contribution in [3.05, 3.63) is 77.1 Å². The van der Waals surface area contributed by atoms with Gasteiger partial charge in [0.15, 0.2) is 0 Å². The molecule has 4 heteroatoms. The van der Waals surface area contributed by atoms with E-state index >= 15 is 0 Å². The lowest BCUT2D eigenvalue weighted by molar-refractivity contribution is 0.102. The third-order valence-electron chi connectivity index (χ3n) is 4.56. The van der Waals surface area contributed by atoms with E-state index in [1.807, 2.05) is 48.0 Å². The summed E-state index contributed by atoms with van der Waals surface area (Å²) in [4.78, 5) is 12.4. The van der Waals surface area contributed by atoms with Crippen LogP contribution in [-0.4, -0.2) is 15.7 Å². The molecule has 1 aliphatic carbocycles. The van der Waals surface area contributed by atoms with Gasteiger partial charge in [-0.25, -0.2) is 4.68 Å². The zero-order valence-electron chi connectivity index (χ0n) is 13.6. The van der Waals surface area contributed by atoms with Crippen LogP contribution in [0.25, 0.3) is 5.69 Å². The van der Waals surface area contributed by atoms with Crippen molar-refractivity contribution in [2.45, 2.75) is 26.2 Å². The van der Waals surface area contributed by atoms with Crippen molar-refractivity contribution < 1.29 is 4.79 Å². The summed E-state index contributed by atoms with van der Waals surface area (Å²) >= 11 is 0. The van der Waals surface area contributed by atoms with E-state index in [2.05, 4.69) is 22.5 Å². The molecule has 4 nitrogen and oxygen atoms in total. The summed E-state index contributed by atoms with van der Waals surface area (Å²) in [6.07, 6.45) is 5.24. The van der Waals surface area contributed by atoms with Gasteiger partial charge in [0.25, 0.3) is 5.91 Å². The molecule has 1 N–H and O–H groups in total. The van der Waals surface area contributed by atoms with Crippen LogP contribution in [-0.2, 0) is 12.8 Å². The van der Waals surface area contributed by atoms with Gasteiger partial charge in [-0.05, 0) is 79.8 Å². The monoisotopic (exact) mass is 317 g/mol.